The first-order valence-corrected chi connectivity index (χ1v) is 4.85. The highest BCUT2D eigenvalue weighted by molar-refractivity contribution is 5.93. The quantitative estimate of drug-likeness (QED) is 0.730. The molecule has 0 spiro atoms. The Bertz CT molecular complexity index is 455. The van der Waals surface area contributed by atoms with E-state index in [2.05, 4.69) is 4.74 Å². The second-order valence-corrected chi connectivity index (χ2v) is 3.52. The van der Waals surface area contributed by atoms with Crippen LogP contribution in [0.5, 0.6) is 0 Å². The Labute approximate surface area is 92.2 Å². The predicted octanol–water partition coefficient (Wildman–Crippen LogP) is 1.51. The van der Waals surface area contributed by atoms with Crippen LogP contribution in [0.25, 0.3) is 0 Å². The van der Waals surface area contributed by atoms with Gasteiger partial charge < -0.3 is 9.84 Å². The summed E-state index contributed by atoms with van der Waals surface area (Å²) in [5.41, 5.74) is 1.97. The van der Waals surface area contributed by atoms with Crippen molar-refractivity contribution in [3.05, 3.63) is 29.3 Å². The minimum Gasteiger partial charge on any atom is -0.465 e. The van der Waals surface area contributed by atoms with Gasteiger partial charge in [-0.05, 0) is 30.2 Å². The Morgan fingerprint density at radius 1 is 1.44 bits per heavy atom. The van der Waals surface area contributed by atoms with Crippen LogP contribution in [0, 0.1) is 0 Å². The molecule has 1 aromatic carbocycles. The van der Waals surface area contributed by atoms with Crippen molar-refractivity contribution in [1.29, 1.82) is 0 Å². The van der Waals surface area contributed by atoms with Gasteiger partial charge in [-0.25, -0.2) is 9.59 Å². The van der Waals surface area contributed by atoms with Crippen molar-refractivity contribution in [2.24, 2.45) is 0 Å². The number of ether oxygens (including phenoxy) is 1. The topological polar surface area (TPSA) is 66.8 Å². The number of carbonyl (C=O) groups excluding carboxylic acids is 1. The van der Waals surface area contributed by atoms with E-state index in [9.17, 15) is 9.59 Å². The Hall–Kier alpha value is -2.04. The number of fused-ring (bicyclic) bond motifs is 1. The molecule has 0 saturated carbocycles. The molecule has 1 aliphatic rings. The van der Waals surface area contributed by atoms with E-state index in [1.165, 1.54) is 12.0 Å². The largest absolute Gasteiger partial charge is 0.465 e. The second kappa shape index (κ2) is 3.84. The number of benzene rings is 1. The number of esters is 1. The molecule has 1 aliphatic heterocycles. The lowest BCUT2D eigenvalue weighted by molar-refractivity contribution is 0.0600. The summed E-state index contributed by atoms with van der Waals surface area (Å²) in [5, 5.41) is 8.92. The Morgan fingerprint density at radius 2 is 2.19 bits per heavy atom. The van der Waals surface area contributed by atoms with Gasteiger partial charge in [0.2, 0.25) is 0 Å². The summed E-state index contributed by atoms with van der Waals surface area (Å²) in [5.74, 6) is -0.406. The van der Waals surface area contributed by atoms with Gasteiger partial charge >= 0.3 is 12.1 Å². The van der Waals surface area contributed by atoms with Gasteiger partial charge in [-0.1, -0.05) is 0 Å². The summed E-state index contributed by atoms with van der Waals surface area (Å²) in [4.78, 5) is 23.4. The molecule has 2 rings (SSSR count). The van der Waals surface area contributed by atoms with E-state index in [0.29, 0.717) is 24.2 Å². The van der Waals surface area contributed by atoms with Gasteiger partial charge in [0.25, 0.3) is 0 Å². The molecule has 0 bridgehead atoms. The van der Waals surface area contributed by atoms with Crippen LogP contribution in [-0.4, -0.2) is 30.8 Å². The van der Waals surface area contributed by atoms with Crippen LogP contribution in [0.2, 0.25) is 0 Å². The number of anilines is 1. The molecule has 5 heteroatoms. The minimum atomic E-state index is -0.968. The van der Waals surface area contributed by atoms with E-state index in [-0.39, 0.29) is 0 Å². The molecule has 0 aliphatic carbocycles. The van der Waals surface area contributed by atoms with E-state index in [0.717, 1.165) is 5.56 Å². The molecule has 1 N–H and O–H groups in total. The third-order valence-corrected chi connectivity index (χ3v) is 2.63. The number of carbonyl (C=O) groups is 2. The standard InChI is InChI=1S/C11H11NO4/c1-16-10(13)8-2-3-9-7(6-8)4-5-12(9)11(14)15/h2-3,6H,4-5H2,1H3,(H,14,15). The maximum absolute atomic E-state index is 11.3. The maximum atomic E-state index is 11.3. The number of nitrogens with zero attached hydrogens (tertiary/aromatic N) is 1. The molecule has 16 heavy (non-hydrogen) atoms. The molecule has 5 nitrogen and oxygen atoms in total. The lowest BCUT2D eigenvalue weighted by atomic mass is 10.1. The van der Waals surface area contributed by atoms with E-state index in [4.69, 9.17) is 5.11 Å². The molecule has 0 aromatic heterocycles. The van der Waals surface area contributed by atoms with Crippen molar-refractivity contribution in [3.63, 3.8) is 0 Å². The lowest BCUT2D eigenvalue weighted by Crippen LogP contribution is -2.26. The van der Waals surface area contributed by atoms with Crippen molar-refractivity contribution in [2.45, 2.75) is 6.42 Å². The highest BCUT2D eigenvalue weighted by atomic mass is 16.5. The molecule has 1 amide bonds. The van der Waals surface area contributed by atoms with Crippen molar-refractivity contribution >= 4 is 17.7 Å². The van der Waals surface area contributed by atoms with Gasteiger partial charge in [0.05, 0.1) is 18.4 Å². The zero-order chi connectivity index (χ0) is 11.7. The fourth-order valence-electron chi connectivity index (χ4n) is 1.85. The molecule has 0 unspecified atom stereocenters. The van der Waals surface area contributed by atoms with E-state index >= 15 is 0 Å². The molecule has 0 fully saturated rings. The van der Waals surface area contributed by atoms with Gasteiger partial charge in [0.1, 0.15) is 0 Å². The zero-order valence-electron chi connectivity index (χ0n) is 8.77. The summed E-state index contributed by atoms with van der Waals surface area (Å²) in [6.07, 6.45) is -0.337. The van der Waals surface area contributed by atoms with Crippen LogP contribution in [0.4, 0.5) is 10.5 Å². The number of hydrogen-bond donors (Lipinski definition) is 1. The van der Waals surface area contributed by atoms with Gasteiger partial charge in [-0.15, -0.1) is 0 Å². The molecule has 1 heterocycles. The molecular weight excluding hydrogens is 210 g/mol. The SMILES string of the molecule is COC(=O)c1ccc2c(c1)CCN2C(=O)O. The number of hydrogen-bond acceptors (Lipinski definition) is 3. The van der Waals surface area contributed by atoms with Crippen LogP contribution in [0.3, 0.4) is 0 Å². The van der Waals surface area contributed by atoms with E-state index in [1.54, 1.807) is 18.2 Å². The first kappa shape index (κ1) is 10.5. The van der Waals surface area contributed by atoms with Crippen molar-refractivity contribution in [2.75, 3.05) is 18.6 Å². The van der Waals surface area contributed by atoms with Crippen LogP contribution < -0.4 is 4.90 Å². The average molecular weight is 221 g/mol. The van der Waals surface area contributed by atoms with E-state index in [1.807, 2.05) is 0 Å². The van der Waals surface area contributed by atoms with Gasteiger partial charge in [-0.2, -0.15) is 0 Å². The molecular formula is C11H11NO4. The number of carboxylic acid groups (broad SMARTS) is 1. The third kappa shape index (κ3) is 1.60. The Balaban J connectivity index is 2.36. The smallest absolute Gasteiger partial charge is 0.411 e. The molecule has 1 aromatic rings. The fraction of sp³-hybridized carbons (Fsp3) is 0.273. The summed E-state index contributed by atoms with van der Waals surface area (Å²) in [6.45, 7) is 0.440. The zero-order valence-corrected chi connectivity index (χ0v) is 8.77. The summed E-state index contributed by atoms with van der Waals surface area (Å²) < 4.78 is 4.60. The minimum absolute atomic E-state index is 0.406. The molecule has 84 valence electrons. The first-order chi connectivity index (χ1) is 7.63. The van der Waals surface area contributed by atoms with Crippen molar-refractivity contribution in [1.82, 2.24) is 0 Å². The van der Waals surface area contributed by atoms with Gasteiger partial charge in [0, 0.05) is 6.54 Å². The van der Waals surface area contributed by atoms with Crippen LogP contribution in [0.1, 0.15) is 15.9 Å². The fourth-order valence-corrected chi connectivity index (χ4v) is 1.85. The van der Waals surface area contributed by atoms with Crippen LogP contribution >= 0.6 is 0 Å². The normalized spacial score (nSPS) is 13.4. The predicted molar refractivity (Wildman–Crippen MR) is 56.9 cm³/mol. The molecule has 0 saturated heterocycles. The summed E-state index contributed by atoms with van der Waals surface area (Å²) >= 11 is 0. The highest BCUT2D eigenvalue weighted by Gasteiger charge is 2.24. The van der Waals surface area contributed by atoms with Crippen molar-refractivity contribution in [3.8, 4) is 0 Å². The first-order valence-electron chi connectivity index (χ1n) is 4.85. The average Bonchev–Trinajstić information content (AvgIpc) is 2.70. The summed E-state index contributed by atoms with van der Waals surface area (Å²) in [7, 11) is 1.32. The number of rotatable bonds is 1. The number of amides is 1. The highest BCUT2D eigenvalue weighted by Crippen LogP contribution is 2.28. The molecule has 0 atom stereocenters. The Morgan fingerprint density at radius 3 is 2.81 bits per heavy atom. The Kier molecular flexibility index (Phi) is 2.52. The van der Waals surface area contributed by atoms with E-state index < -0.39 is 12.1 Å². The lowest BCUT2D eigenvalue weighted by Gasteiger charge is -2.12. The van der Waals surface area contributed by atoms with Crippen LogP contribution in [-0.2, 0) is 11.2 Å². The van der Waals surface area contributed by atoms with Gasteiger partial charge in [0.15, 0.2) is 0 Å². The van der Waals surface area contributed by atoms with Crippen molar-refractivity contribution < 1.29 is 19.4 Å². The molecule has 0 radical (unpaired) electrons. The maximum Gasteiger partial charge on any atom is 0.411 e. The second-order valence-electron chi connectivity index (χ2n) is 3.52. The number of methoxy groups -OCH3 is 1. The summed E-state index contributed by atoms with van der Waals surface area (Å²) in [6, 6.07) is 4.90. The van der Waals surface area contributed by atoms with Gasteiger partial charge in [-0.3, -0.25) is 4.90 Å². The third-order valence-electron chi connectivity index (χ3n) is 2.63. The van der Waals surface area contributed by atoms with Crippen LogP contribution in [0.15, 0.2) is 18.2 Å². The monoisotopic (exact) mass is 221 g/mol.